The van der Waals surface area contributed by atoms with Crippen LogP contribution in [0.4, 0.5) is 0 Å². The molecular weight excluding hydrogens is 224 g/mol. The van der Waals surface area contributed by atoms with Gasteiger partial charge in [-0.25, -0.2) is 0 Å². The Hall–Kier alpha value is -0.320. The fourth-order valence-corrected chi connectivity index (χ4v) is 0.487. The highest BCUT2D eigenvalue weighted by molar-refractivity contribution is 4.63. The zero-order valence-corrected chi connectivity index (χ0v) is 8.72. The molecule has 0 saturated heterocycles. The highest BCUT2D eigenvalue weighted by Gasteiger charge is 2.12. The first-order valence-corrected chi connectivity index (χ1v) is 4.60. The minimum absolute atomic E-state index is 0.526. The Morgan fingerprint density at radius 2 is 0.562 bits per heavy atom. The summed E-state index contributed by atoms with van der Waals surface area (Å²) in [5.74, 6) is 0. The lowest BCUT2D eigenvalue weighted by Gasteiger charge is -2.10. The maximum Gasteiger partial charge on any atom is 0.105 e. The second-order valence-electron chi connectivity index (χ2n) is 3.00. The topological polar surface area (TPSA) is 162 Å². The van der Waals surface area contributed by atoms with Gasteiger partial charge < -0.3 is 40.9 Å². The van der Waals surface area contributed by atoms with Crippen molar-refractivity contribution in [3.63, 3.8) is 0 Å². The molecule has 0 bridgehead atoms. The maximum atomic E-state index is 8.47. The van der Waals surface area contributed by atoms with Gasteiger partial charge in [0.1, 0.15) is 24.4 Å². The zero-order valence-electron chi connectivity index (χ0n) is 8.72. The van der Waals surface area contributed by atoms with Gasteiger partial charge in [0.05, 0.1) is 26.4 Å². The van der Waals surface area contributed by atoms with Gasteiger partial charge in [0, 0.05) is 0 Å². The third-order valence-electron chi connectivity index (χ3n) is 1.64. The van der Waals surface area contributed by atoms with E-state index in [9.17, 15) is 0 Å². The number of aliphatic hydroxyl groups is 8. The van der Waals surface area contributed by atoms with E-state index in [1.54, 1.807) is 0 Å². The van der Waals surface area contributed by atoms with Gasteiger partial charge in [0.15, 0.2) is 0 Å². The van der Waals surface area contributed by atoms with E-state index in [0.717, 1.165) is 0 Å². The highest BCUT2D eigenvalue weighted by Crippen LogP contribution is 1.89. The summed E-state index contributed by atoms with van der Waals surface area (Å²) in [6.07, 6.45) is -4.89. The summed E-state index contributed by atoms with van der Waals surface area (Å²) in [7, 11) is 0. The van der Waals surface area contributed by atoms with E-state index >= 15 is 0 Å². The molecule has 0 radical (unpaired) electrons. The van der Waals surface area contributed by atoms with Gasteiger partial charge in [-0.1, -0.05) is 0 Å². The lowest BCUT2D eigenvalue weighted by atomic mass is 10.2. The van der Waals surface area contributed by atoms with Crippen molar-refractivity contribution in [2.45, 2.75) is 24.4 Å². The summed E-state index contributed by atoms with van der Waals surface area (Å²) >= 11 is 0. The van der Waals surface area contributed by atoms with E-state index in [1.807, 2.05) is 0 Å². The Morgan fingerprint density at radius 3 is 0.625 bits per heavy atom. The molecule has 0 rings (SSSR count). The van der Waals surface area contributed by atoms with Crippen LogP contribution in [0.15, 0.2) is 0 Å². The molecule has 0 aliphatic rings. The molecule has 0 fully saturated rings. The smallest absolute Gasteiger partial charge is 0.105 e. The molecule has 0 aromatic heterocycles. The lowest BCUT2D eigenvalue weighted by molar-refractivity contribution is -0.0388. The molecule has 0 aliphatic carbocycles. The second kappa shape index (κ2) is 11.2. The van der Waals surface area contributed by atoms with Crippen LogP contribution in [-0.4, -0.2) is 91.7 Å². The van der Waals surface area contributed by atoms with E-state index in [1.165, 1.54) is 0 Å². The van der Waals surface area contributed by atoms with Crippen molar-refractivity contribution >= 4 is 0 Å². The monoisotopic (exact) mass is 244 g/mol. The lowest BCUT2D eigenvalue weighted by Crippen LogP contribution is -2.31. The van der Waals surface area contributed by atoms with Crippen molar-refractivity contribution in [3.8, 4) is 0 Å². The third kappa shape index (κ3) is 8.95. The standard InChI is InChI=1S/2C4H10O4/c2*5-1-3(7)4(8)2-6/h2*3-8H,1-2H2/t3-,4+;3-,4-/m.1/s1. The van der Waals surface area contributed by atoms with Crippen LogP contribution in [0.5, 0.6) is 0 Å². The Labute approximate surface area is 92.7 Å². The summed E-state index contributed by atoms with van der Waals surface area (Å²) in [5.41, 5.74) is 0. The third-order valence-corrected chi connectivity index (χ3v) is 1.64. The molecule has 8 heteroatoms. The van der Waals surface area contributed by atoms with Crippen molar-refractivity contribution in [1.82, 2.24) is 0 Å². The molecular formula is C8H20O8. The van der Waals surface area contributed by atoms with E-state index in [0.29, 0.717) is 0 Å². The number of rotatable bonds is 6. The molecule has 0 aromatic rings. The van der Waals surface area contributed by atoms with Crippen LogP contribution >= 0.6 is 0 Å². The van der Waals surface area contributed by atoms with E-state index in [4.69, 9.17) is 40.9 Å². The molecule has 0 aliphatic heterocycles. The summed E-state index contributed by atoms with van der Waals surface area (Å²) in [4.78, 5) is 0. The number of aliphatic hydroxyl groups excluding tert-OH is 8. The second-order valence-corrected chi connectivity index (χ2v) is 3.00. The summed E-state index contributed by atoms with van der Waals surface area (Å²) in [6.45, 7) is -2.10. The van der Waals surface area contributed by atoms with Crippen LogP contribution in [0.2, 0.25) is 0 Å². The molecule has 0 aromatic carbocycles. The average molecular weight is 244 g/mol. The van der Waals surface area contributed by atoms with Gasteiger partial charge in [0.25, 0.3) is 0 Å². The predicted molar refractivity (Wildman–Crippen MR) is 52.4 cm³/mol. The van der Waals surface area contributed by atoms with Crippen LogP contribution in [0.25, 0.3) is 0 Å². The number of hydrogen-bond acceptors (Lipinski definition) is 8. The summed E-state index contributed by atoms with van der Waals surface area (Å²) in [6, 6.07) is 0. The molecule has 0 spiro atoms. The first kappa shape index (κ1) is 18.1. The Bertz CT molecular complexity index is 112. The highest BCUT2D eigenvalue weighted by atomic mass is 16.4. The average Bonchev–Trinajstić information content (AvgIpc) is 2.35. The van der Waals surface area contributed by atoms with Gasteiger partial charge in [-0.2, -0.15) is 0 Å². The SMILES string of the molecule is OC[C@@H](O)[C@@H](O)CO.OC[C@@H](O)[C@H](O)CO. The van der Waals surface area contributed by atoms with E-state index < -0.39 is 50.8 Å². The molecule has 0 saturated carbocycles. The Balaban J connectivity index is 0. The van der Waals surface area contributed by atoms with Gasteiger partial charge in [-0.05, 0) is 0 Å². The molecule has 0 heterocycles. The molecule has 4 atom stereocenters. The van der Waals surface area contributed by atoms with Gasteiger partial charge in [-0.15, -0.1) is 0 Å². The molecule has 16 heavy (non-hydrogen) atoms. The van der Waals surface area contributed by atoms with Gasteiger partial charge in [-0.3, -0.25) is 0 Å². The Morgan fingerprint density at radius 1 is 0.438 bits per heavy atom. The van der Waals surface area contributed by atoms with Crippen molar-refractivity contribution in [2.24, 2.45) is 0 Å². The van der Waals surface area contributed by atoms with Crippen LogP contribution in [0.1, 0.15) is 0 Å². The normalized spacial score (nSPS) is 18.0. The largest absolute Gasteiger partial charge is 0.394 e. The predicted octanol–water partition coefficient (Wildman–Crippen LogP) is -4.61. The number of hydrogen-bond donors (Lipinski definition) is 8. The quantitative estimate of drug-likeness (QED) is 0.231. The molecule has 8 nitrogen and oxygen atoms in total. The molecule has 0 amide bonds. The fraction of sp³-hybridized carbons (Fsp3) is 1.00. The molecule has 8 N–H and O–H groups in total. The minimum Gasteiger partial charge on any atom is -0.394 e. The van der Waals surface area contributed by atoms with Crippen molar-refractivity contribution < 1.29 is 40.9 Å². The zero-order chi connectivity index (χ0) is 13.1. The summed E-state index contributed by atoms with van der Waals surface area (Å²) < 4.78 is 0. The van der Waals surface area contributed by atoms with Crippen molar-refractivity contribution in [1.29, 1.82) is 0 Å². The minimum atomic E-state index is -1.22. The first-order valence-electron chi connectivity index (χ1n) is 4.60. The fourth-order valence-electron chi connectivity index (χ4n) is 0.487. The molecule has 0 unspecified atom stereocenters. The Kier molecular flexibility index (Phi) is 12.6. The van der Waals surface area contributed by atoms with Crippen LogP contribution < -0.4 is 0 Å². The van der Waals surface area contributed by atoms with Gasteiger partial charge >= 0.3 is 0 Å². The van der Waals surface area contributed by atoms with Crippen LogP contribution in [-0.2, 0) is 0 Å². The van der Waals surface area contributed by atoms with Crippen molar-refractivity contribution in [2.75, 3.05) is 26.4 Å². The van der Waals surface area contributed by atoms with Crippen LogP contribution in [0.3, 0.4) is 0 Å². The van der Waals surface area contributed by atoms with Crippen molar-refractivity contribution in [3.05, 3.63) is 0 Å². The van der Waals surface area contributed by atoms with Gasteiger partial charge in [0.2, 0.25) is 0 Å². The molecule has 100 valence electrons. The maximum absolute atomic E-state index is 8.47. The van der Waals surface area contributed by atoms with E-state index in [-0.39, 0.29) is 0 Å². The van der Waals surface area contributed by atoms with Crippen LogP contribution in [0, 0.1) is 0 Å². The first-order chi connectivity index (χ1) is 7.44. The summed E-state index contributed by atoms with van der Waals surface area (Å²) in [5, 5.41) is 66.3. The van der Waals surface area contributed by atoms with E-state index in [2.05, 4.69) is 0 Å².